The highest BCUT2D eigenvalue weighted by atomic mass is 16.2. The van der Waals surface area contributed by atoms with E-state index in [1.54, 1.807) is 0 Å². The number of nitrogens with zero attached hydrogens (tertiary/aromatic N) is 1. The van der Waals surface area contributed by atoms with Gasteiger partial charge in [0.2, 0.25) is 11.3 Å². The van der Waals surface area contributed by atoms with Gasteiger partial charge in [-0.15, -0.1) is 0 Å². The number of unbranched alkanes of at least 4 members (excludes halogenated alkanes) is 1. The lowest BCUT2D eigenvalue weighted by atomic mass is 9.83. The maximum absolute atomic E-state index is 13.5. The number of H-pyrrole nitrogens is 1. The summed E-state index contributed by atoms with van der Waals surface area (Å²) in [5.74, 6) is -0.705. The molecule has 0 fully saturated rings. The third-order valence-electron chi connectivity index (χ3n) is 5.19. The molecule has 0 unspecified atom stereocenters. The van der Waals surface area contributed by atoms with Crippen molar-refractivity contribution in [1.82, 2.24) is 9.55 Å². The molecule has 2 aromatic heterocycles. The van der Waals surface area contributed by atoms with Crippen LogP contribution >= 0.6 is 0 Å². The van der Waals surface area contributed by atoms with Gasteiger partial charge >= 0.3 is 0 Å². The van der Waals surface area contributed by atoms with E-state index in [0.717, 1.165) is 25.7 Å². The van der Waals surface area contributed by atoms with Gasteiger partial charge in [-0.25, -0.2) is 0 Å². The fourth-order valence-corrected chi connectivity index (χ4v) is 3.94. The highest BCUT2D eigenvalue weighted by Crippen LogP contribution is 2.30. The summed E-state index contributed by atoms with van der Waals surface area (Å²) < 4.78 is 1.41. The van der Waals surface area contributed by atoms with E-state index in [9.17, 15) is 19.2 Å². The standard InChI is InChI=1S/C22H26N2O4/c1-4-7-10-24-16(26)12-14(9-6-3)18-20(24)22(28)19-17(21(18)27)13(8-5-2)11-15(25)23-19/h11-12H,4-10H2,1-3H3,(H,23,25). The number of hydrogen-bond acceptors (Lipinski definition) is 4. The van der Waals surface area contributed by atoms with E-state index in [1.165, 1.54) is 16.7 Å². The summed E-state index contributed by atoms with van der Waals surface area (Å²) in [6.45, 7) is 6.30. The topological polar surface area (TPSA) is 89.0 Å². The van der Waals surface area contributed by atoms with E-state index in [2.05, 4.69) is 4.98 Å². The number of rotatable bonds is 7. The number of nitrogens with one attached hydrogen (secondary N) is 1. The van der Waals surface area contributed by atoms with Gasteiger partial charge in [-0.05, 0) is 30.4 Å². The summed E-state index contributed by atoms with van der Waals surface area (Å²) in [5.41, 5.74) is 1.31. The lowest BCUT2D eigenvalue weighted by Crippen LogP contribution is -2.36. The SMILES string of the molecule is CCCCn1c2c(c(CCC)cc1=O)C(=O)c1c(CCC)cc(=O)[nH]c1C2=O. The molecule has 6 nitrogen and oxygen atoms in total. The Kier molecular flexibility index (Phi) is 5.77. The number of aromatic amines is 1. The zero-order valence-corrected chi connectivity index (χ0v) is 16.7. The molecule has 0 amide bonds. The van der Waals surface area contributed by atoms with Crippen LogP contribution < -0.4 is 11.1 Å². The minimum absolute atomic E-state index is 0.0201. The molecular weight excluding hydrogens is 356 g/mol. The number of carbonyl (C=O) groups excluding carboxylic acids is 2. The predicted molar refractivity (Wildman–Crippen MR) is 108 cm³/mol. The van der Waals surface area contributed by atoms with Crippen LogP contribution in [-0.4, -0.2) is 21.1 Å². The molecule has 0 spiro atoms. The molecule has 3 rings (SSSR count). The Labute approximate surface area is 163 Å². The van der Waals surface area contributed by atoms with Crippen LogP contribution in [0.5, 0.6) is 0 Å². The molecular formula is C22H26N2O4. The molecule has 1 aliphatic rings. The molecule has 2 aromatic rings. The second-order valence-electron chi connectivity index (χ2n) is 7.30. The van der Waals surface area contributed by atoms with E-state index in [1.807, 2.05) is 20.8 Å². The largest absolute Gasteiger partial charge is 0.318 e. The lowest BCUT2D eigenvalue weighted by molar-refractivity contribution is 0.0964. The molecule has 0 saturated carbocycles. The first kappa shape index (κ1) is 20.0. The zero-order chi connectivity index (χ0) is 20.4. The Morgan fingerprint density at radius 3 is 2.07 bits per heavy atom. The smallest absolute Gasteiger partial charge is 0.251 e. The summed E-state index contributed by atoms with van der Waals surface area (Å²) in [4.78, 5) is 54.3. The summed E-state index contributed by atoms with van der Waals surface area (Å²) >= 11 is 0. The molecule has 0 bridgehead atoms. The Bertz CT molecular complexity index is 1060. The van der Waals surface area contributed by atoms with Crippen molar-refractivity contribution in [3.8, 4) is 0 Å². The van der Waals surface area contributed by atoms with E-state index >= 15 is 0 Å². The first-order chi connectivity index (χ1) is 13.4. The molecule has 1 aliphatic carbocycles. The summed E-state index contributed by atoms with van der Waals surface area (Å²) in [7, 11) is 0. The lowest BCUT2D eigenvalue weighted by Gasteiger charge is -2.25. The number of aryl methyl sites for hydroxylation is 2. The Morgan fingerprint density at radius 2 is 1.46 bits per heavy atom. The fraction of sp³-hybridized carbons (Fsp3) is 0.455. The first-order valence-electron chi connectivity index (χ1n) is 10.1. The van der Waals surface area contributed by atoms with E-state index in [-0.39, 0.29) is 28.3 Å². The molecule has 28 heavy (non-hydrogen) atoms. The van der Waals surface area contributed by atoms with Crippen LogP contribution in [0.3, 0.4) is 0 Å². The second-order valence-corrected chi connectivity index (χ2v) is 7.30. The Balaban J connectivity index is 2.36. The van der Waals surface area contributed by atoms with Crippen LogP contribution in [0.1, 0.15) is 89.7 Å². The third kappa shape index (κ3) is 3.28. The molecule has 0 aromatic carbocycles. The van der Waals surface area contributed by atoms with Gasteiger partial charge in [-0.2, -0.15) is 0 Å². The number of ketones is 2. The number of fused-ring (bicyclic) bond motifs is 2. The van der Waals surface area contributed by atoms with Crippen LogP contribution in [0.25, 0.3) is 0 Å². The number of hydrogen-bond donors (Lipinski definition) is 1. The number of carbonyl (C=O) groups is 2. The molecule has 2 heterocycles. The van der Waals surface area contributed by atoms with Gasteiger partial charge in [0.05, 0.1) is 11.1 Å². The monoisotopic (exact) mass is 382 g/mol. The van der Waals surface area contributed by atoms with Crippen molar-refractivity contribution >= 4 is 11.6 Å². The molecule has 0 saturated heterocycles. The van der Waals surface area contributed by atoms with Crippen LogP contribution in [-0.2, 0) is 19.4 Å². The van der Waals surface area contributed by atoms with Crippen LogP contribution in [0.4, 0.5) is 0 Å². The van der Waals surface area contributed by atoms with Gasteiger partial charge in [0.1, 0.15) is 11.4 Å². The minimum atomic E-state index is -0.439. The van der Waals surface area contributed by atoms with Gasteiger partial charge in [0.15, 0.2) is 5.78 Å². The van der Waals surface area contributed by atoms with Crippen LogP contribution in [0.2, 0.25) is 0 Å². The van der Waals surface area contributed by atoms with Gasteiger partial charge in [-0.1, -0.05) is 40.0 Å². The molecule has 1 N–H and O–H groups in total. The summed E-state index contributed by atoms with van der Waals surface area (Å²) in [6.07, 6.45) is 4.18. The van der Waals surface area contributed by atoms with Crippen molar-refractivity contribution in [3.63, 3.8) is 0 Å². The highest BCUT2D eigenvalue weighted by Gasteiger charge is 2.36. The van der Waals surface area contributed by atoms with Gasteiger partial charge in [0, 0.05) is 18.7 Å². The number of aromatic nitrogens is 2. The molecule has 6 heteroatoms. The van der Waals surface area contributed by atoms with Gasteiger partial charge in [0.25, 0.3) is 5.56 Å². The summed E-state index contributed by atoms with van der Waals surface area (Å²) in [5, 5.41) is 0. The Hall–Kier alpha value is -2.76. The number of pyridine rings is 2. The van der Waals surface area contributed by atoms with Crippen LogP contribution in [0.15, 0.2) is 21.7 Å². The Morgan fingerprint density at radius 1 is 0.821 bits per heavy atom. The van der Waals surface area contributed by atoms with Crippen molar-refractivity contribution in [2.75, 3.05) is 0 Å². The van der Waals surface area contributed by atoms with Gasteiger partial charge in [-0.3, -0.25) is 19.2 Å². The van der Waals surface area contributed by atoms with Crippen molar-refractivity contribution in [2.24, 2.45) is 0 Å². The first-order valence-corrected chi connectivity index (χ1v) is 10.1. The molecule has 0 aliphatic heterocycles. The van der Waals surface area contributed by atoms with Crippen molar-refractivity contribution in [3.05, 3.63) is 66.5 Å². The average molecular weight is 382 g/mol. The molecule has 0 radical (unpaired) electrons. The van der Waals surface area contributed by atoms with Crippen molar-refractivity contribution in [1.29, 1.82) is 0 Å². The molecule has 0 atom stereocenters. The fourth-order valence-electron chi connectivity index (χ4n) is 3.94. The van der Waals surface area contributed by atoms with Crippen molar-refractivity contribution < 1.29 is 9.59 Å². The highest BCUT2D eigenvalue weighted by molar-refractivity contribution is 6.28. The molecule has 148 valence electrons. The third-order valence-corrected chi connectivity index (χ3v) is 5.19. The van der Waals surface area contributed by atoms with E-state index in [4.69, 9.17) is 0 Å². The normalized spacial score (nSPS) is 12.8. The van der Waals surface area contributed by atoms with E-state index in [0.29, 0.717) is 36.1 Å². The van der Waals surface area contributed by atoms with E-state index < -0.39 is 11.3 Å². The minimum Gasteiger partial charge on any atom is -0.318 e. The maximum atomic E-state index is 13.5. The second kappa shape index (κ2) is 8.09. The summed E-state index contributed by atoms with van der Waals surface area (Å²) in [6, 6.07) is 2.91. The predicted octanol–water partition coefficient (Wildman–Crippen LogP) is 3.02. The average Bonchev–Trinajstić information content (AvgIpc) is 2.65. The quantitative estimate of drug-likeness (QED) is 0.680. The van der Waals surface area contributed by atoms with Crippen LogP contribution in [0, 0.1) is 0 Å². The van der Waals surface area contributed by atoms with Gasteiger partial charge < -0.3 is 9.55 Å². The maximum Gasteiger partial charge on any atom is 0.251 e. The van der Waals surface area contributed by atoms with Crippen molar-refractivity contribution in [2.45, 2.75) is 65.8 Å². The zero-order valence-electron chi connectivity index (χ0n) is 16.7.